The number of hydrogen-bond donors (Lipinski definition) is 0. The molecule has 9 aromatic rings. The lowest BCUT2D eigenvalue weighted by Gasteiger charge is -2.14. The van der Waals surface area contributed by atoms with E-state index in [1.807, 2.05) is 18.2 Å². The number of furan rings is 1. The highest BCUT2D eigenvalue weighted by atomic mass is 32.1. The van der Waals surface area contributed by atoms with Gasteiger partial charge in [0.25, 0.3) is 0 Å². The number of thiophene rings is 1. The lowest BCUT2D eigenvalue weighted by molar-refractivity contribution is 0.669. The van der Waals surface area contributed by atoms with Gasteiger partial charge in [-0.2, -0.15) is 0 Å². The number of fused-ring (bicyclic) bond motifs is 7. The Kier molecular flexibility index (Phi) is 6.14. The van der Waals surface area contributed by atoms with Crippen molar-refractivity contribution in [1.82, 2.24) is 15.0 Å². The van der Waals surface area contributed by atoms with E-state index in [1.165, 1.54) is 20.2 Å². The van der Waals surface area contributed by atoms with Gasteiger partial charge < -0.3 is 4.42 Å². The third-order valence-electron chi connectivity index (χ3n) is 9.38. The molecule has 0 atom stereocenters. The summed E-state index contributed by atoms with van der Waals surface area (Å²) in [6.45, 7) is 0. The molecule has 3 heterocycles. The van der Waals surface area contributed by atoms with E-state index in [0.29, 0.717) is 17.5 Å². The summed E-state index contributed by atoms with van der Waals surface area (Å²) >= 11 is 1.81. The number of benzene rings is 6. The van der Waals surface area contributed by atoms with Crippen LogP contribution in [0.25, 0.3) is 92.4 Å². The lowest BCUT2D eigenvalue weighted by Crippen LogP contribution is -2.03. The Hall–Kier alpha value is -5.91. The zero-order valence-electron chi connectivity index (χ0n) is 25.9. The summed E-state index contributed by atoms with van der Waals surface area (Å²) in [6.07, 6.45) is 8.57. The van der Waals surface area contributed by atoms with Crippen LogP contribution in [0.15, 0.2) is 144 Å². The van der Waals surface area contributed by atoms with Gasteiger partial charge >= 0.3 is 0 Å². The fourth-order valence-electron chi connectivity index (χ4n) is 7.13. The monoisotopic (exact) mass is 633 g/mol. The summed E-state index contributed by atoms with van der Waals surface area (Å²) < 4.78 is 8.76. The highest BCUT2D eigenvalue weighted by Crippen LogP contribution is 2.42. The Morgan fingerprint density at radius 3 is 2.08 bits per heavy atom. The van der Waals surface area contributed by atoms with Gasteiger partial charge in [-0.3, -0.25) is 0 Å². The van der Waals surface area contributed by atoms with E-state index in [-0.39, 0.29) is 0 Å². The Morgan fingerprint density at radius 2 is 1.21 bits per heavy atom. The van der Waals surface area contributed by atoms with Gasteiger partial charge in [-0.15, -0.1) is 11.3 Å². The molecule has 4 nitrogen and oxygen atoms in total. The summed E-state index contributed by atoms with van der Waals surface area (Å²) in [5.74, 6) is 2.04. The molecule has 0 aliphatic heterocycles. The fraction of sp³-hybridized carbons (Fsp3) is 0.0465. The molecular weight excluding hydrogens is 607 g/mol. The van der Waals surface area contributed by atoms with E-state index in [0.717, 1.165) is 73.4 Å². The van der Waals surface area contributed by atoms with Crippen molar-refractivity contribution in [3.8, 4) is 33.9 Å². The second kappa shape index (κ2) is 10.8. The zero-order valence-corrected chi connectivity index (χ0v) is 26.7. The molecule has 0 radical (unpaired) electrons. The molecule has 0 amide bonds. The van der Waals surface area contributed by atoms with Gasteiger partial charge in [0.2, 0.25) is 0 Å². The van der Waals surface area contributed by atoms with Crippen molar-refractivity contribution in [3.63, 3.8) is 0 Å². The van der Waals surface area contributed by atoms with Crippen molar-refractivity contribution < 1.29 is 4.42 Å². The summed E-state index contributed by atoms with van der Waals surface area (Å²) in [5, 5.41) is 7.02. The van der Waals surface area contributed by atoms with E-state index in [1.54, 1.807) is 11.3 Å². The van der Waals surface area contributed by atoms with Gasteiger partial charge in [0.1, 0.15) is 11.2 Å². The van der Waals surface area contributed by atoms with Crippen LogP contribution in [0.1, 0.15) is 18.7 Å². The molecule has 5 heteroatoms. The van der Waals surface area contributed by atoms with Crippen molar-refractivity contribution in [2.75, 3.05) is 0 Å². The average molecular weight is 634 g/mol. The predicted molar refractivity (Wildman–Crippen MR) is 200 cm³/mol. The van der Waals surface area contributed by atoms with Crippen molar-refractivity contribution in [1.29, 1.82) is 0 Å². The second-order valence-corrected chi connectivity index (χ2v) is 13.3. The first-order valence-corrected chi connectivity index (χ1v) is 17.1. The lowest BCUT2D eigenvalue weighted by atomic mass is 9.92. The van der Waals surface area contributed by atoms with Gasteiger partial charge in [0, 0.05) is 47.6 Å². The van der Waals surface area contributed by atoms with Crippen LogP contribution in [0.4, 0.5) is 0 Å². The van der Waals surface area contributed by atoms with E-state index < -0.39 is 0 Å². The third kappa shape index (κ3) is 4.32. The first-order valence-electron chi connectivity index (χ1n) is 16.3. The van der Waals surface area contributed by atoms with Gasteiger partial charge in [-0.1, -0.05) is 109 Å². The van der Waals surface area contributed by atoms with Crippen LogP contribution in [-0.2, 0) is 0 Å². The van der Waals surface area contributed by atoms with Crippen LogP contribution in [0, 0.1) is 0 Å². The van der Waals surface area contributed by atoms with Crippen molar-refractivity contribution in [3.05, 3.63) is 145 Å². The van der Waals surface area contributed by atoms with E-state index in [4.69, 9.17) is 19.4 Å². The van der Waals surface area contributed by atoms with Gasteiger partial charge in [0.05, 0.1) is 0 Å². The largest absolute Gasteiger partial charge is 0.456 e. The first-order chi connectivity index (χ1) is 23.8. The molecule has 0 unspecified atom stereocenters. The fourth-order valence-corrected chi connectivity index (χ4v) is 8.27. The minimum atomic E-state index is 0.668. The maximum atomic E-state index is 6.25. The molecule has 0 bridgehead atoms. The van der Waals surface area contributed by atoms with Crippen LogP contribution in [0.5, 0.6) is 0 Å². The number of rotatable bonds is 4. The Labute approximate surface area is 280 Å². The first kappa shape index (κ1) is 27.2. The van der Waals surface area contributed by atoms with Crippen LogP contribution in [0.3, 0.4) is 0 Å². The number of nitrogens with zero attached hydrogens (tertiary/aromatic N) is 3. The third-order valence-corrected chi connectivity index (χ3v) is 10.5. The number of aromatic nitrogens is 3. The van der Waals surface area contributed by atoms with Crippen molar-refractivity contribution >= 4 is 69.8 Å². The molecular formula is C43H27N3OS. The Bertz CT molecular complexity index is 2800. The molecule has 1 aliphatic rings. The highest BCUT2D eigenvalue weighted by Gasteiger charge is 2.19. The maximum absolute atomic E-state index is 6.25. The van der Waals surface area contributed by atoms with Crippen molar-refractivity contribution in [2.45, 2.75) is 12.8 Å². The Balaban J connectivity index is 1.18. The topological polar surface area (TPSA) is 51.8 Å². The standard InChI is InChI=1S/C43H27N3OS/c1-2-11-26(12-3-1)41-44-42(27-21-22-32-31-15-7-9-20-38(31)48-39(32)25-27)46-43(45-41)34-24-23-30(28-13-4-5-14-29(28)34)33-17-10-19-37-40(33)35-16-6-8-18-36(35)47-37/h2,4-25H,1,3H2. The molecule has 48 heavy (non-hydrogen) atoms. The minimum Gasteiger partial charge on any atom is -0.456 e. The van der Waals surface area contributed by atoms with E-state index in [9.17, 15) is 0 Å². The molecule has 0 N–H and O–H groups in total. The van der Waals surface area contributed by atoms with E-state index in [2.05, 4.69) is 121 Å². The summed E-state index contributed by atoms with van der Waals surface area (Å²) in [6, 6.07) is 42.7. The maximum Gasteiger partial charge on any atom is 0.164 e. The number of hydrogen-bond acceptors (Lipinski definition) is 5. The molecule has 1 aliphatic carbocycles. The average Bonchev–Trinajstić information content (AvgIpc) is 3.73. The summed E-state index contributed by atoms with van der Waals surface area (Å²) in [5.41, 5.74) is 7.07. The number of allylic oxidation sites excluding steroid dienone is 4. The minimum absolute atomic E-state index is 0.668. The van der Waals surface area contributed by atoms with Gasteiger partial charge in [0.15, 0.2) is 17.5 Å². The quantitative estimate of drug-likeness (QED) is 0.193. The molecule has 3 aromatic heterocycles. The van der Waals surface area contributed by atoms with Crippen molar-refractivity contribution in [2.24, 2.45) is 0 Å². The van der Waals surface area contributed by atoms with Crippen LogP contribution in [-0.4, -0.2) is 15.0 Å². The van der Waals surface area contributed by atoms with Crippen LogP contribution >= 0.6 is 11.3 Å². The summed E-state index contributed by atoms with van der Waals surface area (Å²) in [7, 11) is 0. The summed E-state index contributed by atoms with van der Waals surface area (Å²) in [4.78, 5) is 15.4. The molecule has 0 fully saturated rings. The van der Waals surface area contributed by atoms with Crippen LogP contribution in [0.2, 0.25) is 0 Å². The smallest absolute Gasteiger partial charge is 0.164 e. The highest BCUT2D eigenvalue weighted by molar-refractivity contribution is 7.25. The van der Waals surface area contributed by atoms with Gasteiger partial charge in [-0.25, -0.2) is 15.0 Å². The van der Waals surface area contributed by atoms with E-state index >= 15 is 0 Å². The molecule has 0 saturated carbocycles. The van der Waals surface area contributed by atoms with Gasteiger partial charge in [-0.05, 0) is 65.1 Å². The predicted octanol–water partition coefficient (Wildman–Crippen LogP) is 12.0. The zero-order chi connectivity index (χ0) is 31.6. The van der Waals surface area contributed by atoms with Crippen LogP contribution < -0.4 is 0 Å². The molecule has 10 rings (SSSR count). The molecule has 6 aromatic carbocycles. The normalized spacial score (nSPS) is 13.3. The molecule has 226 valence electrons. The molecule has 0 saturated heterocycles. The molecule has 0 spiro atoms. The number of para-hydroxylation sites is 1. The second-order valence-electron chi connectivity index (χ2n) is 12.2. The Morgan fingerprint density at radius 1 is 0.500 bits per heavy atom. The SMILES string of the molecule is C1=CC(c2nc(-c3ccc4c(c3)sc3ccccc34)nc(-c3ccc(-c4cccc5oc6ccccc6c45)c4ccccc34)n2)=CCC1.